The van der Waals surface area contributed by atoms with Crippen LogP contribution in [0, 0.1) is 25.1 Å². The Morgan fingerprint density at radius 3 is 2.50 bits per heavy atom. The summed E-state index contributed by atoms with van der Waals surface area (Å²) in [6, 6.07) is 5.98. The highest BCUT2D eigenvalue weighted by atomic mass is 19.1. The van der Waals surface area contributed by atoms with Crippen LogP contribution in [-0.4, -0.2) is 33.9 Å². The van der Waals surface area contributed by atoms with E-state index in [1.807, 2.05) is 20.8 Å². The second-order valence-electron chi connectivity index (χ2n) is 6.75. The van der Waals surface area contributed by atoms with E-state index in [1.165, 1.54) is 12.1 Å². The van der Waals surface area contributed by atoms with E-state index in [0.29, 0.717) is 35.6 Å². The second kappa shape index (κ2) is 7.13. The summed E-state index contributed by atoms with van der Waals surface area (Å²) >= 11 is 0. The van der Waals surface area contributed by atoms with E-state index in [2.05, 4.69) is 10.4 Å². The predicted octanol–water partition coefficient (Wildman–Crippen LogP) is 2.77. The number of nitrogens with zero attached hydrogens (tertiary/aromatic N) is 2. The molecule has 0 atom stereocenters. The molecule has 2 N–H and O–H groups in total. The van der Waals surface area contributed by atoms with E-state index in [4.69, 9.17) is 5.11 Å². The molecule has 0 aliphatic heterocycles. The molecule has 0 saturated carbocycles. The molecule has 0 fully saturated rings. The molecule has 0 spiro atoms. The summed E-state index contributed by atoms with van der Waals surface area (Å²) in [5, 5.41) is 16.4. The lowest BCUT2D eigenvalue weighted by atomic mass is 9.89. The fourth-order valence-electron chi connectivity index (χ4n) is 2.60. The molecule has 0 aliphatic carbocycles. The molecule has 1 aromatic heterocycles. The van der Waals surface area contributed by atoms with Crippen LogP contribution in [0.3, 0.4) is 0 Å². The van der Waals surface area contributed by atoms with Gasteiger partial charge >= 0.3 is 0 Å². The number of aliphatic hydroxyl groups excluding tert-OH is 1. The molecule has 0 bridgehead atoms. The molecule has 5 nitrogen and oxygen atoms in total. The number of halogens is 1. The molecule has 0 saturated heterocycles. The van der Waals surface area contributed by atoms with Crippen LogP contribution in [0.5, 0.6) is 0 Å². The molecule has 1 amide bonds. The molecule has 0 aliphatic rings. The number of rotatable bonds is 6. The third kappa shape index (κ3) is 4.00. The highest BCUT2D eigenvalue weighted by Gasteiger charge is 2.23. The van der Waals surface area contributed by atoms with Crippen LogP contribution in [0.25, 0.3) is 5.69 Å². The average Bonchev–Trinajstić information content (AvgIpc) is 2.81. The molecule has 6 heteroatoms. The maximum atomic E-state index is 13.1. The van der Waals surface area contributed by atoms with Crippen molar-refractivity contribution >= 4 is 5.91 Å². The Hall–Kier alpha value is -2.21. The van der Waals surface area contributed by atoms with Crippen LogP contribution in [-0.2, 0) is 0 Å². The minimum atomic E-state index is -0.315. The number of aryl methyl sites for hydroxylation is 1. The van der Waals surface area contributed by atoms with Crippen LogP contribution < -0.4 is 5.32 Å². The Kier molecular flexibility index (Phi) is 5.39. The zero-order chi connectivity index (χ0) is 17.9. The number of hydrogen-bond acceptors (Lipinski definition) is 3. The monoisotopic (exact) mass is 333 g/mol. The lowest BCUT2D eigenvalue weighted by Crippen LogP contribution is -2.35. The molecule has 2 aromatic rings. The molecule has 1 heterocycles. The van der Waals surface area contributed by atoms with Crippen LogP contribution in [0.2, 0.25) is 0 Å². The number of aliphatic hydroxyl groups is 1. The minimum Gasteiger partial charge on any atom is -0.396 e. The summed E-state index contributed by atoms with van der Waals surface area (Å²) < 4.78 is 14.7. The third-order valence-electron chi connectivity index (χ3n) is 4.11. The fraction of sp³-hybridized carbons (Fsp3) is 0.444. The molecule has 0 radical (unpaired) electrons. The normalized spacial score (nSPS) is 11.6. The van der Waals surface area contributed by atoms with Crippen LogP contribution in [0.4, 0.5) is 4.39 Å². The van der Waals surface area contributed by atoms with Gasteiger partial charge in [-0.2, -0.15) is 5.10 Å². The smallest absolute Gasteiger partial charge is 0.255 e. The molecule has 1 aromatic carbocycles. The van der Waals surface area contributed by atoms with Gasteiger partial charge < -0.3 is 10.4 Å². The first-order valence-electron chi connectivity index (χ1n) is 7.96. The third-order valence-corrected chi connectivity index (χ3v) is 4.11. The maximum absolute atomic E-state index is 13.1. The summed E-state index contributed by atoms with van der Waals surface area (Å²) in [7, 11) is 0. The van der Waals surface area contributed by atoms with Gasteiger partial charge in [0.2, 0.25) is 0 Å². The van der Waals surface area contributed by atoms with Crippen LogP contribution in [0.1, 0.15) is 42.0 Å². The second-order valence-corrected chi connectivity index (χ2v) is 6.75. The largest absolute Gasteiger partial charge is 0.396 e. The van der Waals surface area contributed by atoms with E-state index < -0.39 is 0 Å². The molecule has 0 unspecified atom stereocenters. The van der Waals surface area contributed by atoms with Crippen molar-refractivity contribution in [2.24, 2.45) is 5.41 Å². The zero-order valence-corrected chi connectivity index (χ0v) is 14.6. The highest BCUT2D eigenvalue weighted by molar-refractivity contribution is 5.96. The molecular formula is C18H24FN3O2. The molecular weight excluding hydrogens is 309 g/mol. The summed E-state index contributed by atoms with van der Waals surface area (Å²) in [6.07, 6.45) is 0.611. The SMILES string of the molecule is Cc1nn(-c2ccc(F)cc2)c(C)c1C(=O)NCC(C)(C)CCO. The first kappa shape index (κ1) is 18.1. The first-order chi connectivity index (χ1) is 11.2. The summed E-state index contributed by atoms with van der Waals surface area (Å²) in [4.78, 5) is 12.5. The van der Waals surface area contributed by atoms with Crippen molar-refractivity contribution in [2.45, 2.75) is 34.1 Å². The Morgan fingerprint density at radius 2 is 1.92 bits per heavy atom. The van der Waals surface area contributed by atoms with Gasteiger partial charge in [0.1, 0.15) is 5.82 Å². The lowest BCUT2D eigenvalue weighted by molar-refractivity contribution is 0.0927. The number of benzene rings is 1. The van der Waals surface area contributed by atoms with Gasteiger partial charge in [-0.3, -0.25) is 4.79 Å². The van der Waals surface area contributed by atoms with E-state index in [9.17, 15) is 9.18 Å². The summed E-state index contributed by atoms with van der Waals surface area (Å²) in [6.45, 7) is 8.13. The van der Waals surface area contributed by atoms with Crippen LogP contribution >= 0.6 is 0 Å². The predicted molar refractivity (Wildman–Crippen MR) is 90.8 cm³/mol. The van der Waals surface area contributed by atoms with E-state index >= 15 is 0 Å². The number of carbonyl (C=O) groups excluding carboxylic acids is 1. The van der Waals surface area contributed by atoms with Gasteiger partial charge in [0.25, 0.3) is 5.91 Å². The lowest BCUT2D eigenvalue weighted by Gasteiger charge is -2.23. The first-order valence-corrected chi connectivity index (χ1v) is 7.96. The highest BCUT2D eigenvalue weighted by Crippen LogP contribution is 2.21. The number of hydrogen-bond donors (Lipinski definition) is 2. The number of nitrogens with one attached hydrogen (secondary N) is 1. The van der Waals surface area contributed by atoms with Crippen molar-refractivity contribution in [2.75, 3.05) is 13.2 Å². The van der Waals surface area contributed by atoms with Crippen molar-refractivity contribution in [3.63, 3.8) is 0 Å². The fourth-order valence-corrected chi connectivity index (χ4v) is 2.60. The Morgan fingerprint density at radius 1 is 1.29 bits per heavy atom. The van der Waals surface area contributed by atoms with Crippen molar-refractivity contribution < 1.29 is 14.3 Å². The van der Waals surface area contributed by atoms with Gasteiger partial charge in [-0.05, 0) is 49.9 Å². The van der Waals surface area contributed by atoms with Gasteiger partial charge in [0.15, 0.2) is 0 Å². The van der Waals surface area contributed by atoms with Crippen LogP contribution in [0.15, 0.2) is 24.3 Å². The summed E-state index contributed by atoms with van der Waals surface area (Å²) in [5.74, 6) is -0.506. The average molecular weight is 333 g/mol. The van der Waals surface area contributed by atoms with Crippen molar-refractivity contribution in [3.05, 3.63) is 47.0 Å². The number of amides is 1. The summed E-state index contributed by atoms with van der Waals surface area (Å²) in [5.41, 5.74) is 2.38. The Bertz CT molecular complexity index is 721. The maximum Gasteiger partial charge on any atom is 0.255 e. The minimum absolute atomic E-state index is 0.0867. The molecule has 2 rings (SSSR count). The van der Waals surface area contributed by atoms with Crippen molar-refractivity contribution in [1.29, 1.82) is 0 Å². The van der Waals surface area contributed by atoms with E-state index in [-0.39, 0.29) is 23.7 Å². The number of carbonyl (C=O) groups is 1. The molecule has 24 heavy (non-hydrogen) atoms. The standard InChI is InChI=1S/C18H24FN3O2/c1-12-16(17(24)20-11-18(3,4)9-10-23)13(2)22(21-12)15-7-5-14(19)6-8-15/h5-8,23H,9-11H2,1-4H3,(H,20,24). The van der Waals surface area contributed by atoms with Gasteiger partial charge in [0, 0.05) is 13.2 Å². The number of aromatic nitrogens is 2. The van der Waals surface area contributed by atoms with E-state index in [1.54, 1.807) is 23.7 Å². The van der Waals surface area contributed by atoms with E-state index in [0.717, 1.165) is 0 Å². The van der Waals surface area contributed by atoms with Gasteiger partial charge in [-0.25, -0.2) is 9.07 Å². The van der Waals surface area contributed by atoms with Gasteiger partial charge in [0.05, 0.1) is 22.6 Å². The Balaban J connectivity index is 2.22. The van der Waals surface area contributed by atoms with Gasteiger partial charge in [-0.15, -0.1) is 0 Å². The topological polar surface area (TPSA) is 67.2 Å². The zero-order valence-electron chi connectivity index (χ0n) is 14.6. The molecule has 130 valence electrons. The van der Waals surface area contributed by atoms with Crippen molar-refractivity contribution in [1.82, 2.24) is 15.1 Å². The quantitative estimate of drug-likeness (QED) is 0.854. The Labute approximate surface area is 141 Å². The van der Waals surface area contributed by atoms with Gasteiger partial charge in [-0.1, -0.05) is 13.8 Å². The van der Waals surface area contributed by atoms with Crippen molar-refractivity contribution in [3.8, 4) is 5.69 Å².